The molecule has 3 heteroatoms. The second kappa shape index (κ2) is 4.04. The van der Waals surface area contributed by atoms with Crippen molar-refractivity contribution >= 4 is 13.3 Å². The first-order valence-electron chi connectivity index (χ1n) is 5.23. The summed E-state index contributed by atoms with van der Waals surface area (Å²) in [6.45, 7) is 6.67. The van der Waals surface area contributed by atoms with Crippen LogP contribution in [0.4, 0.5) is 8.78 Å². The van der Waals surface area contributed by atoms with Crippen molar-refractivity contribution in [3.05, 3.63) is 30.3 Å². The Hall–Kier alpha value is -0.703. The fourth-order valence-electron chi connectivity index (χ4n) is 1.77. The Morgan fingerprint density at radius 1 is 1.07 bits per heavy atom. The van der Waals surface area contributed by atoms with Crippen molar-refractivity contribution in [2.45, 2.75) is 32.5 Å². The van der Waals surface area contributed by atoms with E-state index >= 15 is 0 Å². The third-order valence-corrected chi connectivity index (χ3v) is 7.07. The zero-order valence-electron chi connectivity index (χ0n) is 9.72. The van der Waals surface area contributed by atoms with Crippen LogP contribution in [-0.4, -0.2) is 13.6 Å². The van der Waals surface area contributed by atoms with Crippen LogP contribution in [0, 0.1) is 5.92 Å². The van der Waals surface area contributed by atoms with E-state index in [-0.39, 0.29) is 0 Å². The van der Waals surface area contributed by atoms with Crippen LogP contribution in [0.3, 0.4) is 0 Å². The standard InChI is InChI=1S/C12H18F2Si/c1-10(2)12(13,14)15(3,4)11-8-6-5-7-9-11/h5-10H,1-4H3. The zero-order chi connectivity index (χ0) is 11.7. The van der Waals surface area contributed by atoms with Gasteiger partial charge in [-0.1, -0.05) is 62.5 Å². The summed E-state index contributed by atoms with van der Waals surface area (Å²) >= 11 is 0. The van der Waals surface area contributed by atoms with Crippen LogP contribution >= 0.6 is 0 Å². The molecule has 0 saturated heterocycles. The summed E-state index contributed by atoms with van der Waals surface area (Å²) in [6.07, 6.45) is 0. The fraction of sp³-hybridized carbons (Fsp3) is 0.500. The van der Waals surface area contributed by atoms with E-state index in [0.29, 0.717) is 0 Å². The molecular weight excluding hydrogens is 210 g/mol. The minimum Gasteiger partial charge on any atom is -0.211 e. The SMILES string of the molecule is CC(C)C(F)(F)[Si](C)(C)c1ccccc1. The molecule has 84 valence electrons. The van der Waals surface area contributed by atoms with Crippen molar-refractivity contribution in [2.75, 3.05) is 0 Å². The second-order valence-electron chi connectivity index (χ2n) is 4.77. The third kappa shape index (κ3) is 2.12. The highest BCUT2D eigenvalue weighted by atomic mass is 28.3. The highest BCUT2D eigenvalue weighted by Gasteiger charge is 2.51. The number of benzene rings is 1. The van der Waals surface area contributed by atoms with Gasteiger partial charge in [0.25, 0.3) is 0 Å². The van der Waals surface area contributed by atoms with Gasteiger partial charge >= 0.3 is 0 Å². The molecule has 0 radical (unpaired) electrons. The molecule has 0 aliphatic carbocycles. The molecule has 0 heterocycles. The van der Waals surface area contributed by atoms with E-state index < -0.39 is 19.5 Å². The summed E-state index contributed by atoms with van der Waals surface area (Å²) in [5.41, 5.74) is -2.56. The van der Waals surface area contributed by atoms with Gasteiger partial charge in [-0.05, 0) is 0 Å². The normalized spacial score (nSPS) is 13.3. The highest BCUT2D eigenvalue weighted by molar-refractivity contribution is 6.91. The first kappa shape index (κ1) is 12.4. The highest BCUT2D eigenvalue weighted by Crippen LogP contribution is 2.33. The lowest BCUT2D eigenvalue weighted by molar-refractivity contribution is 0.0328. The van der Waals surface area contributed by atoms with Crippen LogP contribution in [0.1, 0.15) is 13.8 Å². The van der Waals surface area contributed by atoms with E-state index in [1.165, 1.54) is 0 Å². The number of rotatable bonds is 3. The van der Waals surface area contributed by atoms with Crippen molar-refractivity contribution in [2.24, 2.45) is 5.92 Å². The Kier molecular flexibility index (Phi) is 3.33. The molecule has 1 rings (SSSR count). The van der Waals surface area contributed by atoms with Crippen LogP contribution in [-0.2, 0) is 0 Å². The molecule has 0 atom stereocenters. The maximum atomic E-state index is 14.1. The Balaban J connectivity index is 3.13. The number of hydrogen-bond acceptors (Lipinski definition) is 0. The third-order valence-electron chi connectivity index (χ3n) is 3.05. The average Bonchev–Trinajstić information content (AvgIpc) is 2.18. The molecule has 15 heavy (non-hydrogen) atoms. The maximum Gasteiger partial charge on any atom is 0.236 e. The number of halogens is 2. The molecule has 0 N–H and O–H groups in total. The van der Waals surface area contributed by atoms with Crippen LogP contribution in [0.25, 0.3) is 0 Å². The summed E-state index contributed by atoms with van der Waals surface area (Å²) in [4.78, 5) is 0. The zero-order valence-corrected chi connectivity index (χ0v) is 10.7. The Morgan fingerprint density at radius 2 is 1.53 bits per heavy atom. The summed E-state index contributed by atoms with van der Waals surface area (Å²) in [6, 6.07) is 9.17. The Bertz CT molecular complexity index is 318. The van der Waals surface area contributed by atoms with Gasteiger partial charge < -0.3 is 0 Å². The molecule has 0 spiro atoms. The van der Waals surface area contributed by atoms with Crippen molar-refractivity contribution in [1.82, 2.24) is 0 Å². The predicted octanol–water partition coefficient (Wildman–Crippen LogP) is 3.43. The molecule has 1 aromatic carbocycles. The van der Waals surface area contributed by atoms with E-state index in [9.17, 15) is 8.78 Å². The van der Waals surface area contributed by atoms with Crippen molar-refractivity contribution in [3.8, 4) is 0 Å². The van der Waals surface area contributed by atoms with Gasteiger partial charge in [-0.15, -0.1) is 0 Å². The van der Waals surface area contributed by atoms with Gasteiger partial charge in [0.2, 0.25) is 5.55 Å². The molecule has 0 bridgehead atoms. The lowest BCUT2D eigenvalue weighted by Gasteiger charge is -2.35. The average molecular weight is 228 g/mol. The summed E-state index contributed by atoms with van der Waals surface area (Å²) < 4.78 is 28.1. The van der Waals surface area contributed by atoms with E-state index in [4.69, 9.17) is 0 Å². The van der Waals surface area contributed by atoms with Crippen LogP contribution in [0.2, 0.25) is 13.1 Å². The molecular formula is C12H18F2Si. The van der Waals surface area contributed by atoms with Crippen molar-refractivity contribution in [1.29, 1.82) is 0 Å². The van der Waals surface area contributed by atoms with E-state index in [0.717, 1.165) is 5.19 Å². The first-order valence-corrected chi connectivity index (χ1v) is 8.23. The number of hydrogen-bond donors (Lipinski definition) is 0. The lowest BCUT2D eigenvalue weighted by Crippen LogP contribution is -2.59. The topological polar surface area (TPSA) is 0 Å². The summed E-state index contributed by atoms with van der Waals surface area (Å²) in [5.74, 6) is -0.598. The Morgan fingerprint density at radius 3 is 1.93 bits per heavy atom. The van der Waals surface area contributed by atoms with Crippen LogP contribution in [0.5, 0.6) is 0 Å². The molecule has 0 unspecified atom stereocenters. The van der Waals surface area contributed by atoms with Gasteiger partial charge in [-0.2, -0.15) is 0 Å². The quantitative estimate of drug-likeness (QED) is 0.695. The molecule has 0 fully saturated rings. The summed E-state index contributed by atoms with van der Waals surface area (Å²) in [5, 5.41) is 0.823. The van der Waals surface area contributed by atoms with Gasteiger partial charge in [-0.25, -0.2) is 8.78 Å². The molecule has 0 aromatic heterocycles. The van der Waals surface area contributed by atoms with Gasteiger partial charge in [-0.3, -0.25) is 0 Å². The van der Waals surface area contributed by atoms with E-state index in [2.05, 4.69) is 0 Å². The van der Waals surface area contributed by atoms with Crippen LogP contribution in [0.15, 0.2) is 30.3 Å². The van der Waals surface area contributed by atoms with Gasteiger partial charge in [0.15, 0.2) is 8.07 Å². The monoisotopic (exact) mass is 228 g/mol. The smallest absolute Gasteiger partial charge is 0.211 e. The fourth-order valence-corrected chi connectivity index (χ4v) is 4.62. The minimum absolute atomic E-state index is 0.598. The largest absolute Gasteiger partial charge is 0.236 e. The Labute approximate surface area is 91.3 Å². The van der Waals surface area contributed by atoms with Crippen molar-refractivity contribution < 1.29 is 8.78 Å². The minimum atomic E-state index is -2.70. The molecule has 0 nitrogen and oxygen atoms in total. The van der Waals surface area contributed by atoms with Gasteiger partial charge in [0.1, 0.15) is 0 Å². The van der Waals surface area contributed by atoms with Gasteiger partial charge in [0.05, 0.1) is 0 Å². The molecule has 0 saturated carbocycles. The van der Waals surface area contributed by atoms with E-state index in [1.54, 1.807) is 26.9 Å². The van der Waals surface area contributed by atoms with E-state index in [1.807, 2.05) is 30.3 Å². The summed E-state index contributed by atoms with van der Waals surface area (Å²) in [7, 11) is -2.70. The molecule has 0 aliphatic rings. The number of alkyl halides is 2. The lowest BCUT2D eigenvalue weighted by atomic mass is 10.2. The van der Waals surface area contributed by atoms with Gasteiger partial charge in [0, 0.05) is 5.92 Å². The van der Waals surface area contributed by atoms with Crippen molar-refractivity contribution in [3.63, 3.8) is 0 Å². The second-order valence-corrected chi connectivity index (χ2v) is 9.26. The molecule has 1 aromatic rings. The molecule has 0 aliphatic heterocycles. The maximum absolute atomic E-state index is 14.1. The predicted molar refractivity (Wildman–Crippen MR) is 63.3 cm³/mol. The molecule has 0 amide bonds. The first-order chi connectivity index (χ1) is 6.80. The van der Waals surface area contributed by atoms with Crippen LogP contribution < -0.4 is 5.19 Å².